The predicted octanol–water partition coefficient (Wildman–Crippen LogP) is 5.10. The molecule has 1 aromatic heterocycles. The molecule has 0 fully saturated rings. The zero-order valence-electron chi connectivity index (χ0n) is 23.6. The summed E-state index contributed by atoms with van der Waals surface area (Å²) in [5.74, 6) is 0.998. The highest BCUT2D eigenvalue weighted by atomic mass is 16.5. The monoisotopic (exact) mass is 551 g/mol. The maximum atomic E-state index is 13.3. The van der Waals surface area contributed by atoms with Gasteiger partial charge in [0.25, 0.3) is 0 Å². The third-order valence-corrected chi connectivity index (χ3v) is 6.90. The number of carbonyl (C=O) groups is 2. The molecule has 1 aliphatic rings. The Kier molecular flexibility index (Phi) is 8.14. The smallest absolute Gasteiger partial charge is 0.246 e. The van der Waals surface area contributed by atoms with Crippen LogP contribution in [0.5, 0.6) is 11.5 Å². The summed E-state index contributed by atoms with van der Waals surface area (Å²) in [6, 6.07) is 23.1. The lowest BCUT2D eigenvalue weighted by Gasteiger charge is -2.26. The molecule has 1 aliphatic heterocycles. The highest BCUT2D eigenvalue weighted by Crippen LogP contribution is 2.29. The molecule has 0 aliphatic carbocycles. The lowest BCUT2D eigenvalue weighted by atomic mass is 10.1. The van der Waals surface area contributed by atoms with Crippen molar-refractivity contribution in [3.8, 4) is 28.4 Å². The number of imidazole rings is 1. The molecule has 210 valence electrons. The van der Waals surface area contributed by atoms with E-state index in [1.54, 1.807) is 31.3 Å². The molecule has 1 N–H and O–H groups in total. The highest BCUT2D eigenvalue weighted by molar-refractivity contribution is 5.94. The molecule has 2 heterocycles. The average molecular weight is 552 g/mol. The number of hydrogen-bond acceptors (Lipinski definition) is 6. The first-order valence-corrected chi connectivity index (χ1v) is 13.4. The van der Waals surface area contributed by atoms with Crippen molar-refractivity contribution >= 4 is 24.0 Å². The highest BCUT2D eigenvalue weighted by Gasteiger charge is 2.23. The van der Waals surface area contributed by atoms with Gasteiger partial charge in [-0.05, 0) is 49.2 Å². The van der Waals surface area contributed by atoms with E-state index in [2.05, 4.69) is 10.3 Å². The van der Waals surface area contributed by atoms with Crippen LogP contribution in [0, 0.1) is 0 Å². The van der Waals surface area contributed by atoms with Gasteiger partial charge < -0.3 is 14.4 Å². The minimum atomic E-state index is -0.339. The van der Waals surface area contributed by atoms with E-state index in [4.69, 9.17) is 14.5 Å². The summed E-state index contributed by atoms with van der Waals surface area (Å²) in [4.78, 5) is 37.2. The number of anilines is 1. The number of ether oxygens (including phenoxy) is 2. The lowest BCUT2D eigenvalue weighted by molar-refractivity contribution is -0.135. The fraction of sp³-hybridized carbons (Fsp3) is 0.250. The van der Waals surface area contributed by atoms with Crippen molar-refractivity contribution in [2.24, 2.45) is 4.99 Å². The minimum absolute atomic E-state index is 0.116. The topological polar surface area (TPSA) is 98.1 Å². The molecule has 1 unspecified atom stereocenters. The van der Waals surface area contributed by atoms with Crippen LogP contribution in [0.2, 0.25) is 0 Å². The Morgan fingerprint density at radius 1 is 0.976 bits per heavy atom. The standard InChI is InChI=1S/C32H33N5O4/c1-21(2)36(31(39)17-22-10-15-28(40-3)29(16-22)41-4)20-30(38)35-32-34-27(23-8-6-5-7-9-23)19-37(32)25-13-11-24(12-14-25)26-18-33-26/h5-16,18-19,21,26H,17,20H2,1-4H3,(H,34,35,38). The van der Waals surface area contributed by atoms with Crippen LogP contribution in [0.4, 0.5) is 5.95 Å². The molecule has 0 saturated heterocycles. The molecule has 9 nitrogen and oxygen atoms in total. The van der Waals surface area contributed by atoms with Gasteiger partial charge in [-0.3, -0.25) is 24.5 Å². The molecule has 9 heteroatoms. The Balaban J connectivity index is 1.35. The maximum Gasteiger partial charge on any atom is 0.246 e. The van der Waals surface area contributed by atoms with Crippen LogP contribution >= 0.6 is 0 Å². The molecule has 0 bridgehead atoms. The number of benzene rings is 3. The summed E-state index contributed by atoms with van der Waals surface area (Å²) < 4.78 is 12.5. The number of carbonyl (C=O) groups excluding carboxylic acids is 2. The number of aromatic nitrogens is 2. The van der Waals surface area contributed by atoms with E-state index in [-0.39, 0.29) is 36.9 Å². The number of nitrogens with one attached hydrogen (secondary N) is 1. The molecule has 3 aromatic carbocycles. The Morgan fingerprint density at radius 2 is 1.68 bits per heavy atom. The lowest BCUT2D eigenvalue weighted by Crippen LogP contribution is -2.43. The minimum Gasteiger partial charge on any atom is -0.493 e. The van der Waals surface area contributed by atoms with Crippen LogP contribution in [0.1, 0.15) is 31.0 Å². The summed E-state index contributed by atoms with van der Waals surface area (Å²) >= 11 is 0. The molecule has 4 aromatic rings. The molecule has 0 saturated carbocycles. The summed E-state index contributed by atoms with van der Waals surface area (Å²) in [6.07, 6.45) is 3.92. The van der Waals surface area contributed by atoms with Gasteiger partial charge in [0.1, 0.15) is 12.6 Å². The average Bonchev–Trinajstić information content (AvgIpc) is 3.76. The number of hydrogen-bond donors (Lipinski definition) is 1. The fourth-order valence-corrected chi connectivity index (χ4v) is 4.60. The Labute approximate surface area is 239 Å². The number of nitrogens with zero attached hydrogens (tertiary/aromatic N) is 4. The van der Waals surface area contributed by atoms with Gasteiger partial charge in [0.05, 0.1) is 26.3 Å². The van der Waals surface area contributed by atoms with Gasteiger partial charge in [0.15, 0.2) is 11.5 Å². The third-order valence-electron chi connectivity index (χ3n) is 6.90. The molecule has 0 spiro atoms. The predicted molar refractivity (Wildman–Crippen MR) is 159 cm³/mol. The number of aliphatic imine (C=N–C) groups is 1. The van der Waals surface area contributed by atoms with Crippen molar-refractivity contribution in [2.45, 2.75) is 32.4 Å². The summed E-state index contributed by atoms with van der Waals surface area (Å²) in [7, 11) is 3.12. The summed E-state index contributed by atoms with van der Waals surface area (Å²) in [6.45, 7) is 3.66. The Hall–Kier alpha value is -4.92. The molecule has 2 amide bonds. The van der Waals surface area contributed by atoms with E-state index in [0.29, 0.717) is 17.4 Å². The van der Waals surface area contributed by atoms with Crippen molar-refractivity contribution in [1.82, 2.24) is 14.5 Å². The van der Waals surface area contributed by atoms with E-state index in [1.807, 2.05) is 91.5 Å². The van der Waals surface area contributed by atoms with Gasteiger partial charge in [-0.25, -0.2) is 4.98 Å². The Bertz CT molecular complexity index is 1550. The van der Waals surface area contributed by atoms with Crippen molar-refractivity contribution < 1.29 is 19.1 Å². The van der Waals surface area contributed by atoms with Gasteiger partial charge >= 0.3 is 0 Å². The van der Waals surface area contributed by atoms with Gasteiger partial charge in [-0.15, -0.1) is 0 Å². The van der Waals surface area contributed by atoms with Crippen molar-refractivity contribution in [3.63, 3.8) is 0 Å². The van der Waals surface area contributed by atoms with E-state index in [1.165, 1.54) is 0 Å². The zero-order chi connectivity index (χ0) is 28.9. The molecule has 1 atom stereocenters. The summed E-state index contributed by atoms with van der Waals surface area (Å²) in [5, 5.41) is 2.94. The molecular weight excluding hydrogens is 518 g/mol. The fourth-order valence-electron chi connectivity index (χ4n) is 4.60. The molecule has 0 radical (unpaired) electrons. The summed E-state index contributed by atoms with van der Waals surface area (Å²) in [5.41, 5.74) is 4.38. The Morgan fingerprint density at radius 3 is 2.32 bits per heavy atom. The number of amides is 2. The van der Waals surface area contributed by atoms with Gasteiger partial charge in [-0.2, -0.15) is 0 Å². The largest absolute Gasteiger partial charge is 0.493 e. The maximum absolute atomic E-state index is 13.3. The van der Waals surface area contributed by atoms with Crippen molar-refractivity contribution in [2.75, 3.05) is 26.1 Å². The van der Waals surface area contributed by atoms with Crippen LogP contribution in [0.25, 0.3) is 16.9 Å². The van der Waals surface area contributed by atoms with Crippen molar-refractivity contribution in [3.05, 3.63) is 90.1 Å². The van der Waals surface area contributed by atoms with Crippen LogP contribution in [0.3, 0.4) is 0 Å². The van der Waals surface area contributed by atoms with E-state index in [0.717, 1.165) is 28.1 Å². The number of rotatable bonds is 11. The first kappa shape index (κ1) is 27.6. The van der Waals surface area contributed by atoms with E-state index < -0.39 is 0 Å². The van der Waals surface area contributed by atoms with E-state index in [9.17, 15) is 9.59 Å². The van der Waals surface area contributed by atoms with Gasteiger partial charge in [0, 0.05) is 29.7 Å². The first-order valence-electron chi connectivity index (χ1n) is 13.4. The normalized spacial score (nSPS) is 13.6. The van der Waals surface area contributed by atoms with Crippen LogP contribution in [-0.2, 0) is 16.0 Å². The number of methoxy groups -OCH3 is 2. The van der Waals surface area contributed by atoms with Gasteiger partial charge in [-0.1, -0.05) is 48.5 Å². The molecule has 5 rings (SSSR count). The van der Waals surface area contributed by atoms with E-state index >= 15 is 0 Å². The second-order valence-electron chi connectivity index (χ2n) is 10.0. The zero-order valence-corrected chi connectivity index (χ0v) is 23.6. The second-order valence-corrected chi connectivity index (χ2v) is 10.0. The van der Waals surface area contributed by atoms with Crippen LogP contribution < -0.4 is 14.8 Å². The quantitative estimate of drug-likeness (QED) is 0.280. The van der Waals surface area contributed by atoms with Gasteiger partial charge in [0.2, 0.25) is 17.8 Å². The SMILES string of the molecule is COc1ccc(CC(=O)N(CC(=O)Nc2nc(-c3ccccc3)cn2-c2ccc(C3C=N3)cc2)C(C)C)cc1OC. The molecule has 41 heavy (non-hydrogen) atoms. The molecular formula is C32H33N5O4. The van der Waals surface area contributed by atoms with Crippen LogP contribution in [0.15, 0.2) is 84.0 Å². The van der Waals surface area contributed by atoms with Crippen molar-refractivity contribution in [1.29, 1.82) is 0 Å². The first-order chi connectivity index (χ1) is 19.9. The van der Waals surface area contributed by atoms with Crippen LogP contribution in [-0.4, -0.2) is 59.3 Å². The third kappa shape index (κ3) is 6.46. The second kappa shape index (κ2) is 12.1.